The van der Waals surface area contributed by atoms with Crippen molar-refractivity contribution in [1.29, 1.82) is 0 Å². The normalized spacial score (nSPS) is 10.6. The van der Waals surface area contributed by atoms with Crippen LogP contribution in [-0.4, -0.2) is 40.4 Å². The van der Waals surface area contributed by atoms with Gasteiger partial charge < -0.3 is 20.3 Å². The SMILES string of the molecule is COc1cc(-c2cc(-c3cc(N)cnc3C)cc(OCCO)n2)ccn1. The van der Waals surface area contributed by atoms with Crippen LogP contribution < -0.4 is 15.2 Å². The van der Waals surface area contributed by atoms with Gasteiger partial charge in [0.05, 0.1) is 31.3 Å². The van der Waals surface area contributed by atoms with E-state index >= 15 is 0 Å². The van der Waals surface area contributed by atoms with Crippen molar-refractivity contribution in [3.8, 4) is 34.1 Å². The van der Waals surface area contributed by atoms with E-state index in [9.17, 15) is 0 Å². The molecule has 3 N–H and O–H groups in total. The quantitative estimate of drug-likeness (QED) is 0.702. The molecule has 0 aliphatic carbocycles. The summed E-state index contributed by atoms with van der Waals surface area (Å²) in [4.78, 5) is 13.0. The fraction of sp³-hybridized carbons (Fsp3) is 0.211. The van der Waals surface area contributed by atoms with Crippen molar-refractivity contribution in [2.75, 3.05) is 26.1 Å². The molecule has 7 nitrogen and oxygen atoms in total. The van der Waals surface area contributed by atoms with Crippen LogP contribution in [0.2, 0.25) is 0 Å². The van der Waals surface area contributed by atoms with E-state index < -0.39 is 0 Å². The minimum Gasteiger partial charge on any atom is -0.481 e. The van der Waals surface area contributed by atoms with E-state index in [0.29, 0.717) is 23.1 Å². The molecule has 0 unspecified atom stereocenters. The molecule has 0 saturated carbocycles. The molecule has 0 radical (unpaired) electrons. The van der Waals surface area contributed by atoms with Gasteiger partial charge in [0.25, 0.3) is 0 Å². The summed E-state index contributed by atoms with van der Waals surface area (Å²) in [5.74, 6) is 0.901. The number of nitrogen functional groups attached to an aromatic ring is 1. The lowest BCUT2D eigenvalue weighted by Crippen LogP contribution is -2.04. The standard InChI is InChI=1S/C19H20N4O3/c1-12-16(10-15(20)11-22-12)14-7-17(23-19(9-14)26-6-5-24)13-3-4-21-18(8-13)25-2/h3-4,7-11,24H,5-6,20H2,1-2H3. The maximum absolute atomic E-state index is 9.04. The van der Waals surface area contributed by atoms with Crippen molar-refractivity contribution < 1.29 is 14.6 Å². The van der Waals surface area contributed by atoms with Crippen molar-refractivity contribution in [2.24, 2.45) is 0 Å². The van der Waals surface area contributed by atoms with Crippen LogP contribution in [0.5, 0.6) is 11.8 Å². The van der Waals surface area contributed by atoms with Gasteiger partial charge in [0.1, 0.15) is 6.61 Å². The summed E-state index contributed by atoms with van der Waals surface area (Å²) in [5.41, 5.74) is 10.6. The Hall–Kier alpha value is -3.19. The summed E-state index contributed by atoms with van der Waals surface area (Å²) in [6.45, 7) is 1.98. The van der Waals surface area contributed by atoms with Gasteiger partial charge in [-0.1, -0.05) is 0 Å². The van der Waals surface area contributed by atoms with Gasteiger partial charge in [-0.3, -0.25) is 4.98 Å². The molecular formula is C19H20N4O3. The van der Waals surface area contributed by atoms with Crippen molar-refractivity contribution in [3.63, 3.8) is 0 Å². The molecule has 3 aromatic rings. The Bertz CT molecular complexity index is 915. The van der Waals surface area contributed by atoms with Gasteiger partial charge in [0.15, 0.2) is 0 Å². The highest BCUT2D eigenvalue weighted by molar-refractivity contribution is 5.74. The first-order valence-electron chi connectivity index (χ1n) is 8.09. The Morgan fingerprint density at radius 3 is 2.65 bits per heavy atom. The molecule has 0 aliphatic rings. The number of anilines is 1. The summed E-state index contributed by atoms with van der Waals surface area (Å²) in [6, 6.07) is 9.25. The fourth-order valence-electron chi connectivity index (χ4n) is 2.55. The second-order valence-corrected chi connectivity index (χ2v) is 5.64. The zero-order chi connectivity index (χ0) is 18.5. The van der Waals surface area contributed by atoms with E-state index in [4.69, 9.17) is 20.3 Å². The lowest BCUT2D eigenvalue weighted by molar-refractivity contribution is 0.197. The maximum Gasteiger partial charge on any atom is 0.214 e. The molecule has 0 aliphatic heterocycles. The lowest BCUT2D eigenvalue weighted by atomic mass is 10.0. The number of nitrogens with zero attached hydrogens (tertiary/aromatic N) is 3. The molecule has 3 heterocycles. The van der Waals surface area contributed by atoms with Crippen molar-refractivity contribution in [2.45, 2.75) is 6.92 Å². The Labute approximate surface area is 151 Å². The molecule has 134 valence electrons. The van der Waals surface area contributed by atoms with Gasteiger partial charge >= 0.3 is 0 Å². The predicted molar refractivity (Wildman–Crippen MR) is 99.0 cm³/mol. The highest BCUT2D eigenvalue weighted by Gasteiger charge is 2.11. The van der Waals surface area contributed by atoms with Crippen molar-refractivity contribution >= 4 is 5.69 Å². The summed E-state index contributed by atoms with van der Waals surface area (Å²) in [6.07, 6.45) is 3.28. The Morgan fingerprint density at radius 1 is 1.08 bits per heavy atom. The second-order valence-electron chi connectivity index (χ2n) is 5.64. The van der Waals surface area contributed by atoms with Crippen LogP contribution in [0.15, 0.2) is 42.7 Å². The molecule has 0 aromatic carbocycles. The zero-order valence-electron chi connectivity index (χ0n) is 14.6. The molecule has 3 aromatic heterocycles. The second kappa shape index (κ2) is 7.79. The van der Waals surface area contributed by atoms with Gasteiger partial charge in [0.2, 0.25) is 11.8 Å². The number of ether oxygens (including phenoxy) is 2. The first kappa shape index (κ1) is 17.6. The van der Waals surface area contributed by atoms with Crippen LogP contribution in [0, 0.1) is 6.92 Å². The minimum absolute atomic E-state index is 0.0941. The van der Waals surface area contributed by atoms with E-state index in [1.807, 2.05) is 25.1 Å². The van der Waals surface area contributed by atoms with E-state index in [1.165, 1.54) is 0 Å². The van der Waals surface area contributed by atoms with Crippen molar-refractivity contribution in [3.05, 3.63) is 48.4 Å². The molecular weight excluding hydrogens is 332 g/mol. The van der Waals surface area contributed by atoms with Crippen LogP contribution in [0.25, 0.3) is 22.4 Å². The Morgan fingerprint density at radius 2 is 1.88 bits per heavy atom. The number of hydrogen-bond donors (Lipinski definition) is 2. The van der Waals surface area contributed by atoms with Crippen LogP contribution in [0.3, 0.4) is 0 Å². The number of aliphatic hydroxyl groups excluding tert-OH is 1. The lowest BCUT2D eigenvalue weighted by Gasteiger charge is -2.12. The van der Waals surface area contributed by atoms with E-state index in [-0.39, 0.29) is 13.2 Å². The van der Waals surface area contributed by atoms with Crippen LogP contribution >= 0.6 is 0 Å². The number of aliphatic hydroxyl groups is 1. The molecule has 0 amide bonds. The third kappa shape index (κ3) is 3.89. The van der Waals surface area contributed by atoms with E-state index in [2.05, 4.69) is 15.0 Å². The monoisotopic (exact) mass is 352 g/mol. The van der Waals surface area contributed by atoms with E-state index in [1.54, 1.807) is 31.6 Å². The van der Waals surface area contributed by atoms with Gasteiger partial charge in [-0.15, -0.1) is 0 Å². The number of rotatable bonds is 6. The van der Waals surface area contributed by atoms with Crippen LogP contribution in [0.1, 0.15) is 5.69 Å². The van der Waals surface area contributed by atoms with Crippen molar-refractivity contribution in [1.82, 2.24) is 15.0 Å². The third-order valence-corrected chi connectivity index (χ3v) is 3.80. The Balaban J connectivity index is 2.13. The predicted octanol–water partition coefficient (Wildman–Crippen LogP) is 2.48. The first-order valence-corrected chi connectivity index (χ1v) is 8.09. The maximum atomic E-state index is 9.04. The number of nitrogens with two attached hydrogens (primary N) is 1. The number of methoxy groups -OCH3 is 1. The summed E-state index contributed by atoms with van der Waals surface area (Å²) in [7, 11) is 1.56. The largest absolute Gasteiger partial charge is 0.481 e. The summed E-state index contributed by atoms with van der Waals surface area (Å²) < 4.78 is 10.7. The van der Waals surface area contributed by atoms with Gasteiger partial charge in [-0.05, 0) is 30.7 Å². The number of aromatic nitrogens is 3. The molecule has 0 spiro atoms. The summed E-state index contributed by atoms with van der Waals surface area (Å²) in [5, 5.41) is 9.04. The molecule has 26 heavy (non-hydrogen) atoms. The highest BCUT2D eigenvalue weighted by atomic mass is 16.5. The number of hydrogen-bond acceptors (Lipinski definition) is 7. The van der Waals surface area contributed by atoms with E-state index in [0.717, 1.165) is 22.4 Å². The first-order chi connectivity index (χ1) is 12.6. The Kier molecular flexibility index (Phi) is 5.28. The zero-order valence-corrected chi connectivity index (χ0v) is 14.6. The molecule has 0 saturated heterocycles. The fourth-order valence-corrected chi connectivity index (χ4v) is 2.55. The average molecular weight is 352 g/mol. The molecule has 7 heteroatoms. The average Bonchev–Trinajstić information content (AvgIpc) is 2.68. The molecule has 3 rings (SSSR count). The number of pyridine rings is 3. The highest BCUT2D eigenvalue weighted by Crippen LogP contribution is 2.31. The van der Waals surface area contributed by atoms with Crippen LogP contribution in [0.4, 0.5) is 5.69 Å². The van der Waals surface area contributed by atoms with Gasteiger partial charge in [-0.2, -0.15) is 0 Å². The topological polar surface area (TPSA) is 103 Å². The van der Waals surface area contributed by atoms with Crippen LogP contribution in [-0.2, 0) is 0 Å². The smallest absolute Gasteiger partial charge is 0.214 e. The van der Waals surface area contributed by atoms with Gasteiger partial charge in [0, 0.05) is 35.2 Å². The number of aryl methyl sites for hydroxylation is 1. The van der Waals surface area contributed by atoms with Gasteiger partial charge in [-0.25, -0.2) is 9.97 Å². The molecule has 0 bridgehead atoms. The minimum atomic E-state index is -0.0941. The summed E-state index contributed by atoms with van der Waals surface area (Å²) >= 11 is 0. The molecule has 0 fully saturated rings. The molecule has 0 atom stereocenters. The third-order valence-electron chi connectivity index (χ3n) is 3.80.